The molecule has 0 saturated heterocycles. The van der Waals surface area contributed by atoms with Crippen molar-refractivity contribution in [3.8, 4) is 11.3 Å². The zero-order valence-corrected chi connectivity index (χ0v) is 11.4. The summed E-state index contributed by atoms with van der Waals surface area (Å²) in [6.07, 6.45) is 3.33. The highest BCUT2D eigenvalue weighted by molar-refractivity contribution is 5.89. The van der Waals surface area contributed by atoms with E-state index < -0.39 is 10.8 Å². The molecule has 0 aliphatic heterocycles. The van der Waals surface area contributed by atoms with E-state index in [2.05, 4.69) is 0 Å². The Morgan fingerprint density at radius 1 is 1.38 bits per heavy atom. The molecular formula is C15H14N2O4. The van der Waals surface area contributed by atoms with Crippen LogP contribution in [0.4, 0.5) is 5.69 Å². The fourth-order valence-electron chi connectivity index (χ4n) is 1.98. The monoisotopic (exact) mass is 286 g/mol. The van der Waals surface area contributed by atoms with Crippen molar-refractivity contribution < 1.29 is 14.1 Å². The molecule has 0 saturated carbocycles. The lowest BCUT2D eigenvalue weighted by Gasteiger charge is -2.04. The van der Waals surface area contributed by atoms with E-state index in [-0.39, 0.29) is 5.69 Å². The van der Waals surface area contributed by atoms with Gasteiger partial charge in [0.2, 0.25) is 5.91 Å². The van der Waals surface area contributed by atoms with Gasteiger partial charge in [-0.25, -0.2) is 0 Å². The number of carbonyl (C=O) groups excluding carboxylic acids is 1. The molecular weight excluding hydrogens is 272 g/mol. The molecule has 2 rings (SSSR count). The van der Waals surface area contributed by atoms with Gasteiger partial charge in [0.1, 0.15) is 11.5 Å². The molecule has 0 spiro atoms. The first-order chi connectivity index (χ1) is 10.0. The fourth-order valence-corrected chi connectivity index (χ4v) is 1.98. The molecule has 0 fully saturated rings. The molecule has 1 aromatic heterocycles. The second-order valence-corrected chi connectivity index (χ2v) is 4.39. The van der Waals surface area contributed by atoms with Crippen LogP contribution in [0.5, 0.6) is 0 Å². The molecule has 6 heteroatoms. The van der Waals surface area contributed by atoms with Crippen molar-refractivity contribution in [1.29, 1.82) is 0 Å². The quantitative estimate of drug-likeness (QED) is 0.519. The number of hydrogen-bond acceptors (Lipinski definition) is 4. The van der Waals surface area contributed by atoms with Gasteiger partial charge in [-0.05, 0) is 36.3 Å². The third kappa shape index (κ3) is 3.36. The summed E-state index contributed by atoms with van der Waals surface area (Å²) in [6.45, 7) is 1.92. The van der Waals surface area contributed by atoms with Gasteiger partial charge in [0.05, 0.1) is 4.92 Å². The Hall–Kier alpha value is -2.89. The molecule has 21 heavy (non-hydrogen) atoms. The van der Waals surface area contributed by atoms with Crippen LogP contribution in [0, 0.1) is 10.1 Å². The van der Waals surface area contributed by atoms with Gasteiger partial charge in [-0.1, -0.05) is 6.92 Å². The average molecular weight is 286 g/mol. The number of nitrogens with two attached hydrogens (primary N) is 1. The Kier molecular flexibility index (Phi) is 4.18. The molecule has 0 radical (unpaired) electrons. The number of primary amides is 1. The number of nitrogens with zero attached hydrogens (tertiary/aromatic N) is 1. The summed E-state index contributed by atoms with van der Waals surface area (Å²) < 4.78 is 5.60. The van der Waals surface area contributed by atoms with Crippen LogP contribution in [0.15, 0.2) is 40.8 Å². The largest absolute Gasteiger partial charge is 0.457 e. The van der Waals surface area contributed by atoms with Gasteiger partial charge in [-0.15, -0.1) is 0 Å². The average Bonchev–Trinajstić information content (AvgIpc) is 2.93. The topological polar surface area (TPSA) is 99.4 Å². The van der Waals surface area contributed by atoms with Crippen LogP contribution in [-0.2, 0) is 11.2 Å². The van der Waals surface area contributed by atoms with Crippen molar-refractivity contribution >= 4 is 17.7 Å². The first-order valence-electron chi connectivity index (χ1n) is 6.36. The molecule has 0 unspecified atom stereocenters. The first-order valence-corrected chi connectivity index (χ1v) is 6.36. The van der Waals surface area contributed by atoms with Crippen molar-refractivity contribution in [2.24, 2.45) is 5.73 Å². The molecule has 0 atom stereocenters. The molecule has 1 heterocycles. The van der Waals surface area contributed by atoms with Crippen molar-refractivity contribution in [3.05, 3.63) is 57.8 Å². The van der Waals surface area contributed by atoms with Gasteiger partial charge in [0, 0.05) is 23.8 Å². The maximum atomic E-state index is 10.8. The van der Waals surface area contributed by atoms with Crippen molar-refractivity contribution in [1.82, 2.24) is 0 Å². The first kappa shape index (κ1) is 14.5. The third-order valence-corrected chi connectivity index (χ3v) is 2.98. The number of carbonyl (C=O) groups is 1. The molecule has 1 aromatic carbocycles. The highest BCUT2D eigenvalue weighted by Crippen LogP contribution is 2.29. The minimum atomic E-state index is -0.558. The van der Waals surface area contributed by atoms with E-state index in [1.54, 1.807) is 18.2 Å². The Labute approximate surface area is 121 Å². The number of nitro benzene ring substituents is 1. The summed E-state index contributed by atoms with van der Waals surface area (Å²) in [7, 11) is 0. The van der Waals surface area contributed by atoms with Crippen LogP contribution in [0.3, 0.4) is 0 Å². The van der Waals surface area contributed by atoms with Crippen LogP contribution < -0.4 is 5.73 Å². The number of hydrogen-bond donors (Lipinski definition) is 1. The second-order valence-electron chi connectivity index (χ2n) is 4.39. The van der Waals surface area contributed by atoms with Crippen molar-refractivity contribution in [3.63, 3.8) is 0 Å². The van der Waals surface area contributed by atoms with E-state index >= 15 is 0 Å². The van der Waals surface area contributed by atoms with Gasteiger partial charge in [0.25, 0.3) is 5.69 Å². The number of aryl methyl sites for hydroxylation is 1. The second kappa shape index (κ2) is 6.04. The Morgan fingerprint density at radius 2 is 2.14 bits per heavy atom. The Balaban J connectivity index is 2.38. The smallest absolute Gasteiger partial charge is 0.269 e. The number of non-ortho nitro benzene ring substituents is 1. The van der Waals surface area contributed by atoms with Crippen LogP contribution in [0.25, 0.3) is 17.4 Å². The third-order valence-electron chi connectivity index (χ3n) is 2.98. The lowest BCUT2D eigenvalue weighted by molar-refractivity contribution is -0.384. The number of nitro groups is 1. The van der Waals surface area contributed by atoms with E-state index in [9.17, 15) is 14.9 Å². The molecule has 6 nitrogen and oxygen atoms in total. The number of rotatable bonds is 5. The zero-order chi connectivity index (χ0) is 15.4. The molecule has 1 amide bonds. The maximum absolute atomic E-state index is 10.8. The summed E-state index contributed by atoms with van der Waals surface area (Å²) in [5, 5.41) is 10.8. The van der Waals surface area contributed by atoms with Crippen LogP contribution in [0.1, 0.15) is 18.2 Å². The van der Waals surface area contributed by atoms with Gasteiger partial charge < -0.3 is 10.2 Å². The summed E-state index contributed by atoms with van der Waals surface area (Å²) >= 11 is 0. The van der Waals surface area contributed by atoms with E-state index in [0.717, 1.165) is 11.1 Å². The predicted molar refractivity (Wildman–Crippen MR) is 78.4 cm³/mol. The maximum Gasteiger partial charge on any atom is 0.269 e. The van der Waals surface area contributed by atoms with Crippen LogP contribution in [0.2, 0.25) is 0 Å². The van der Waals surface area contributed by atoms with Crippen LogP contribution >= 0.6 is 0 Å². The van der Waals surface area contributed by atoms with Gasteiger partial charge >= 0.3 is 0 Å². The van der Waals surface area contributed by atoms with Crippen molar-refractivity contribution in [2.75, 3.05) is 0 Å². The minimum Gasteiger partial charge on any atom is -0.457 e. The normalized spacial score (nSPS) is 10.9. The van der Waals surface area contributed by atoms with Gasteiger partial charge in [0.15, 0.2) is 0 Å². The minimum absolute atomic E-state index is 0.0519. The van der Waals surface area contributed by atoms with Gasteiger partial charge in [-0.3, -0.25) is 14.9 Å². The summed E-state index contributed by atoms with van der Waals surface area (Å²) in [4.78, 5) is 21.1. The van der Waals surface area contributed by atoms with Crippen LogP contribution in [-0.4, -0.2) is 10.8 Å². The zero-order valence-electron chi connectivity index (χ0n) is 11.4. The Morgan fingerprint density at radius 3 is 2.76 bits per heavy atom. The summed E-state index contributed by atoms with van der Waals surface area (Å²) in [5.74, 6) is 0.521. The van der Waals surface area contributed by atoms with E-state index in [1.165, 1.54) is 24.3 Å². The van der Waals surface area contributed by atoms with E-state index in [4.69, 9.17) is 10.2 Å². The Bertz CT molecular complexity index is 716. The fraction of sp³-hybridized carbons (Fsp3) is 0.133. The number of benzene rings is 1. The molecule has 0 aliphatic carbocycles. The van der Waals surface area contributed by atoms with E-state index in [0.29, 0.717) is 17.9 Å². The van der Waals surface area contributed by atoms with Crippen molar-refractivity contribution in [2.45, 2.75) is 13.3 Å². The lowest BCUT2D eigenvalue weighted by Crippen LogP contribution is -2.04. The number of amides is 1. The SMILES string of the molecule is CCc1cc([N+](=O)[O-])ccc1-c1ccc(/C=C/C(N)=O)o1. The summed E-state index contributed by atoms with van der Waals surface area (Å²) in [5.41, 5.74) is 6.69. The molecule has 2 aromatic rings. The summed E-state index contributed by atoms with van der Waals surface area (Å²) in [6, 6.07) is 8.10. The molecule has 0 aliphatic rings. The molecule has 108 valence electrons. The molecule has 0 bridgehead atoms. The van der Waals surface area contributed by atoms with Gasteiger partial charge in [-0.2, -0.15) is 0 Å². The molecule has 2 N–H and O–H groups in total. The van der Waals surface area contributed by atoms with E-state index in [1.807, 2.05) is 6.92 Å². The highest BCUT2D eigenvalue weighted by Gasteiger charge is 2.13. The highest BCUT2D eigenvalue weighted by atomic mass is 16.6. The standard InChI is InChI=1S/C15H14N2O4/c1-2-10-9-11(17(19)20)3-6-13(10)14-7-4-12(21-14)5-8-15(16)18/h3-9H,2H2,1H3,(H2,16,18)/b8-5+. The number of furan rings is 1. The lowest BCUT2D eigenvalue weighted by atomic mass is 10.0. The predicted octanol–water partition coefficient (Wildman–Crippen LogP) is 2.92.